The normalized spacial score (nSPS) is 12.2. The fourth-order valence-electron chi connectivity index (χ4n) is 2.80. The molecule has 0 aliphatic rings. The highest BCUT2D eigenvalue weighted by Gasteiger charge is 2.29. The van der Waals surface area contributed by atoms with Crippen molar-refractivity contribution in [3.05, 3.63) is 64.7 Å². The summed E-state index contributed by atoms with van der Waals surface area (Å²) in [5.41, 5.74) is 1.41. The van der Waals surface area contributed by atoms with Gasteiger partial charge in [-0.2, -0.15) is 0 Å². The van der Waals surface area contributed by atoms with Gasteiger partial charge in [0.2, 0.25) is 5.91 Å². The van der Waals surface area contributed by atoms with Crippen LogP contribution in [0.3, 0.4) is 0 Å². The van der Waals surface area contributed by atoms with Crippen LogP contribution < -0.4 is 10.1 Å². The van der Waals surface area contributed by atoms with Crippen molar-refractivity contribution in [2.24, 2.45) is 0 Å². The van der Waals surface area contributed by atoms with Crippen LogP contribution in [0.5, 0.6) is 5.75 Å². The number of nitrogens with zero attached hydrogens (tertiary/aromatic N) is 1. The summed E-state index contributed by atoms with van der Waals surface area (Å²) in [5.74, 6) is 0.0966. The number of nitrogens with one attached hydrogen (secondary N) is 1. The predicted molar refractivity (Wildman–Crippen MR) is 116 cm³/mol. The molecule has 1 N–H and O–H groups in total. The molecule has 2 amide bonds. The summed E-state index contributed by atoms with van der Waals surface area (Å²) in [7, 11) is 0. The molecule has 0 radical (unpaired) electrons. The number of benzene rings is 2. The van der Waals surface area contributed by atoms with Crippen molar-refractivity contribution in [2.75, 3.05) is 6.61 Å². The van der Waals surface area contributed by atoms with Gasteiger partial charge in [-0.1, -0.05) is 41.9 Å². The first-order valence-corrected chi connectivity index (χ1v) is 9.99. The minimum Gasteiger partial charge on any atom is -0.484 e. The van der Waals surface area contributed by atoms with Crippen LogP contribution in [0.4, 0.5) is 0 Å². The molecule has 0 spiro atoms. The Hall–Kier alpha value is -2.53. The van der Waals surface area contributed by atoms with Gasteiger partial charge in [0.15, 0.2) is 6.61 Å². The summed E-state index contributed by atoms with van der Waals surface area (Å²) in [5, 5.41) is 3.48. The summed E-state index contributed by atoms with van der Waals surface area (Å²) in [6, 6.07) is 14.1. The average molecular weight is 417 g/mol. The van der Waals surface area contributed by atoms with Crippen molar-refractivity contribution in [1.29, 1.82) is 0 Å². The van der Waals surface area contributed by atoms with Gasteiger partial charge in [-0.25, -0.2) is 0 Å². The number of halogens is 1. The Kier molecular flexibility index (Phi) is 7.68. The van der Waals surface area contributed by atoms with E-state index in [1.54, 1.807) is 19.1 Å². The van der Waals surface area contributed by atoms with Gasteiger partial charge in [0.1, 0.15) is 11.8 Å². The van der Waals surface area contributed by atoms with Crippen LogP contribution >= 0.6 is 11.6 Å². The molecule has 2 aromatic carbocycles. The zero-order chi connectivity index (χ0) is 21.6. The maximum Gasteiger partial charge on any atom is 0.261 e. The third-order valence-electron chi connectivity index (χ3n) is 4.32. The van der Waals surface area contributed by atoms with E-state index in [-0.39, 0.29) is 25.0 Å². The summed E-state index contributed by atoms with van der Waals surface area (Å²) in [6.07, 6.45) is 0. The summed E-state index contributed by atoms with van der Waals surface area (Å²) in [4.78, 5) is 27.2. The lowest BCUT2D eigenvalue weighted by atomic mass is 10.1. The van der Waals surface area contributed by atoms with Crippen molar-refractivity contribution < 1.29 is 14.3 Å². The molecule has 0 bridgehead atoms. The molecular formula is C23H29ClN2O3. The van der Waals surface area contributed by atoms with Gasteiger partial charge in [-0.05, 0) is 63.9 Å². The lowest BCUT2D eigenvalue weighted by Gasteiger charge is -2.31. The van der Waals surface area contributed by atoms with E-state index >= 15 is 0 Å². The Balaban J connectivity index is 2.19. The smallest absolute Gasteiger partial charge is 0.261 e. The van der Waals surface area contributed by atoms with Crippen LogP contribution in [0.2, 0.25) is 5.02 Å². The van der Waals surface area contributed by atoms with Gasteiger partial charge in [-0.3, -0.25) is 9.59 Å². The Morgan fingerprint density at radius 2 is 1.83 bits per heavy atom. The minimum absolute atomic E-state index is 0.166. The number of aryl methyl sites for hydroxylation is 1. The molecule has 2 aromatic rings. The van der Waals surface area contributed by atoms with Gasteiger partial charge < -0.3 is 15.0 Å². The third kappa shape index (κ3) is 7.09. The molecule has 0 fully saturated rings. The first-order chi connectivity index (χ1) is 13.6. The van der Waals surface area contributed by atoms with Gasteiger partial charge in [-0.15, -0.1) is 0 Å². The molecule has 6 heteroatoms. The maximum absolute atomic E-state index is 13.0. The van der Waals surface area contributed by atoms with Crippen molar-refractivity contribution in [1.82, 2.24) is 10.2 Å². The average Bonchev–Trinajstić information content (AvgIpc) is 2.63. The molecule has 0 aliphatic carbocycles. The summed E-state index contributed by atoms with van der Waals surface area (Å²) < 4.78 is 5.67. The molecule has 1 atom stereocenters. The first-order valence-electron chi connectivity index (χ1n) is 9.61. The highest BCUT2D eigenvalue weighted by atomic mass is 35.5. The fraction of sp³-hybridized carbons (Fsp3) is 0.391. The number of hydrogen-bond acceptors (Lipinski definition) is 3. The predicted octanol–water partition coefficient (Wildman–Crippen LogP) is 4.36. The largest absolute Gasteiger partial charge is 0.484 e. The molecule has 0 aliphatic heterocycles. The zero-order valence-electron chi connectivity index (χ0n) is 17.7. The van der Waals surface area contributed by atoms with Crippen LogP contribution in [-0.2, 0) is 16.1 Å². The summed E-state index contributed by atoms with van der Waals surface area (Å²) in [6.45, 7) is 9.42. The number of hydrogen-bond donors (Lipinski definition) is 1. The molecule has 29 heavy (non-hydrogen) atoms. The first kappa shape index (κ1) is 22.8. The van der Waals surface area contributed by atoms with Crippen LogP contribution in [0.25, 0.3) is 0 Å². The Morgan fingerprint density at radius 3 is 2.45 bits per heavy atom. The van der Waals surface area contributed by atoms with Crippen LogP contribution in [0.15, 0.2) is 48.5 Å². The SMILES string of the molecule is Cc1cccc(OCC(=O)N(Cc2ccccc2Cl)[C@@H](C)C(=O)NC(C)(C)C)c1. The van der Waals surface area contributed by atoms with Crippen molar-refractivity contribution in [2.45, 2.75) is 52.7 Å². The second-order valence-electron chi connectivity index (χ2n) is 8.13. The van der Waals surface area contributed by atoms with E-state index in [9.17, 15) is 9.59 Å². The van der Waals surface area contributed by atoms with E-state index in [1.807, 2.05) is 64.1 Å². The molecule has 156 valence electrons. The number of carbonyl (C=O) groups is 2. The highest BCUT2D eigenvalue weighted by molar-refractivity contribution is 6.31. The van der Waals surface area contributed by atoms with Crippen LogP contribution in [-0.4, -0.2) is 34.9 Å². The molecule has 0 saturated carbocycles. The number of carbonyl (C=O) groups excluding carboxylic acids is 2. The van der Waals surface area contributed by atoms with E-state index in [0.717, 1.165) is 11.1 Å². The quantitative estimate of drug-likeness (QED) is 0.729. The molecule has 0 unspecified atom stereocenters. The minimum atomic E-state index is -0.681. The number of ether oxygens (including phenoxy) is 1. The number of rotatable bonds is 7. The van der Waals surface area contributed by atoms with Crippen LogP contribution in [0, 0.1) is 6.92 Å². The van der Waals surface area contributed by atoms with E-state index in [4.69, 9.17) is 16.3 Å². The highest BCUT2D eigenvalue weighted by Crippen LogP contribution is 2.19. The Morgan fingerprint density at radius 1 is 1.14 bits per heavy atom. The van der Waals surface area contributed by atoms with E-state index in [1.165, 1.54) is 4.90 Å². The van der Waals surface area contributed by atoms with Gasteiger partial charge in [0, 0.05) is 17.1 Å². The van der Waals surface area contributed by atoms with Gasteiger partial charge in [0.25, 0.3) is 5.91 Å². The fourth-order valence-corrected chi connectivity index (χ4v) is 3.00. The van der Waals surface area contributed by atoms with Crippen LogP contribution in [0.1, 0.15) is 38.8 Å². The lowest BCUT2D eigenvalue weighted by Crippen LogP contribution is -2.53. The summed E-state index contributed by atoms with van der Waals surface area (Å²) >= 11 is 6.28. The third-order valence-corrected chi connectivity index (χ3v) is 4.68. The number of amides is 2. The standard InChI is InChI=1S/C23H29ClN2O3/c1-16-9-8-11-19(13-16)29-15-21(27)26(14-18-10-6-7-12-20(18)24)17(2)22(28)25-23(3,4)5/h6-13,17H,14-15H2,1-5H3,(H,25,28)/t17-/m0/s1. The van der Waals surface area contributed by atoms with E-state index in [2.05, 4.69) is 5.32 Å². The molecule has 0 saturated heterocycles. The lowest BCUT2D eigenvalue weighted by molar-refractivity contribution is -0.142. The molecule has 2 rings (SSSR count). The van der Waals surface area contributed by atoms with Gasteiger partial charge in [0.05, 0.1) is 0 Å². The zero-order valence-corrected chi connectivity index (χ0v) is 18.4. The maximum atomic E-state index is 13.0. The molecule has 0 aromatic heterocycles. The monoisotopic (exact) mass is 416 g/mol. The van der Waals surface area contributed by atoms with E-state index < -0.39 is 11.6 Å². The molecule has 0 heterocycles. The second kappa shape index (κ2) is 9.79. The van der Waals surface area contributed by atoms with Gasteiger partial charge >= 0.3 is 0 Å². The van der Waals surface area contributed by atoms with Crippen molar-refractivity contribution in [3.63, 3.8) is 0 Å². The Bertz CT molecular complexity index is 861. The van der Waals surface area contributed by atoms with E-state index in [0.29, 0.717) is 10.8 Å². The Labute approximate surface area is 178 Å². The topological polar surface area (TPSA) is 58.6 Å². The second-order valence-corrected chi connectivity index (χ2v) is 8.54. The molecule has 5 nitrogen and oxygen atoms in total. The molecular weight excluding hydrogens is 388 g/mol. The van der Waals surface area contributed by atoms with Crippen molar-refractivity contribution in [3.8, 4) is 5.75 Å². The van der Waals surface area contributed by atoms with Crippen molar-refractivity contribution >= 4 is 23.4 Å².